The normalized spacial score (nSPS) is 18.0. The van der Waals surface area contributed by atoms with E-state index in [1.807, 2.05) is 49.1 Å². The minimum atomic E-state index is -3.49. The first-order valence-electron chi connectivity index (χ1n) is 10.4. The van der Waals surface area contributed by atoms with Crippen molar-refractivity contribution in [3.63, 3.8) is 0 Å². The van der Waals surface area contributed by atoms with E-state index in [9.17, 15) is 13.2 Å². The summed E-state index contributed by atoms with van der Waals surface area (Å²) in [6, 6.07) is 16.7. The highest BCUT2D eigenvalue weighted by molar-refractivity contribution is 7.89. The molecule has 162 valence electrons. The third-order valence-corrected chi connectivity index (χ3v) is 7.72. The van der Waals surface area contributed by atoms with Crippen molar-refractivity contribution in [2.24, 2.45) is 0 Å². The monoisotopic (exact) mass is 429 g/mol. The molecule has 1 heterocycles. The van der Waals surface area contributed by atoms with E-state index in [2.05, 4.69) is 24.4 Å². The van der Waals surface area contributed by atoms with Gasteiger partial charge in [0, 0.05) is 32.7 Å². The van der Waals surface area contributed by atoms with E-state index in [4.69, 9.17) is 0 Å². The highest BCUT2D eigenvalue weighted by Crippen LogP contribution is 2.19. The van der Waals surface area contributed by atoms with E-state index in [0.717, 1.165) is 5.56 Å². The van der Waals surface area contributed by atoms with E-state index in [1.54, 1.807) is 12.1 Å². The van der Waals surface area contributed by atoms with Crippen LogP contribution in [0.4, 0.5) is 0 Å². The van der Waals surface area contributed by atoms with Crippen molar-refractivity contribution < 1.29 is 13.2 Å². The van der Waals surface area contributed by atoms with Crippen LogP contribution in [0.5, 0.6) is 0 Å². The van der Waals surface area contributed by atoms with Gasteiger partial charge < -0.3 is 5.32 Å². The number of aryl methyl sites for hydroxylation is 1. The Hall–Kier alpha value is -2.22. The van der Waals surface area contributed by atoms with Gasteiger partial charge in [0.1, 0.15) is 0 Å². The number of carbonyl (C=O) groups is 1. The maximum Gasteiger partial charge on any atom is 0.243 e. The smallest absolute Gasteiger partial charge is 0.243 e. The minimum absolute atomic E-state index is 0.0207. The second-order valence-electron chi connectivity index (χ2n) is 7.99. The summed E-state index contributed by atoms with van der Waals surface area (Å²) < 4.78 is 27.2. The molecular weight excluding hydrogens is 398 g/mol. The molecule has 2 aromatic carbocycles. The third-order valence-electron chi connectivity index (χ3n) is 5.81. The lowest BCUT2D eigenvalue weighted by atomic mass is 10.0. The summed E-state index contributed by atoms with van der Waals surface area (Å²) in [5, 5.41) is 3.04. The minimum Gasteiger partial charge on any atom is -0.354 e. The molecule has 0 saturated carbocycles. The van der Waals surface area contributed by atoms with Gasteiger partial charge in [-0.1, -0.05) is 55.0 Å². The van der Waals surface area contributed by atoms with Gasteiger partial charge in [-0.05, 0) is 37.5 Å². The molecule has 0 radical (unpaired) electrons. The summed E-state index contributed by atoms with van der Waals surface area (Å²) >= 11 is 0. The van der Waals surface area contributed by atoms with Crippen LogP contribution in [0.25, 0.3) is 0 Å². The summed E-state index contributed by atoms with van der Waals surface area (Å²) in [6.07, 6.45) is 0. The molecule has 1 aliphatic rings. The van der Waals surface area contributed by atoms with Crippen molar-refractivity contribution in [1.29, 1.82) is 0 Å². The molecular formula is C23H31N3O3S. The molecule has 1 N–H and O–H groups in total. The highest BCUT2D eigenvalue weighted by Gasteiger charge is 2.31. The third kappa shape index (κ3) is 5.28. The fourth-order valence-electron chi connectivity index (χ4n) is 3.66. The number of sulfonamides is 1. The first-order chi connectivity index (χ1) is 14.3. The number of carbonyl (C=O) groups excluding carboxylic acids is 1. The molecule has 0 aliphatic carbocycles. The van der Waals surface area contributed by atoms with Gasteiger partial charge in [0.05, 0.1) is 10.9 Å². The molecule has 7 heteroatoms. The Kier molecular flexibility index (Phi) is 7.28. The van der Waals surface area contributed by atoms with Gasteiger partial charge in [-0.3, -0.25) is 9.69 Å². The number of benzene rings is 2. The van der Waals surface area contributed by atoms with Gasteiger partial charge in [0.2, 0.25) is 15.9 Å². The number of nitrogens with one attached hydrogen (secondary N) is 1. The van der Waals surface area contributed by atoms with Gasteiger partial charge in [-0.2, -0.15) is 4.31 Å². The Morgan fingerprint density at radius 1 is 0.967 bits per heavy atom. The van der Waals surface area contributed by atoms with Crippen molar-refractivity contribution >= 4 is 15.9 Å². The standard InChI is InChI=1S/C23H31N3O3S/c1-18-9-11-22(12-10-18)30(28,29)26-15-13-25(14-16-26)20(3)23(27)24-17-19(2)21-7-5-4-6-8-21/h4-12,19-20H,13-17H2,1-3H3,(H,24,27)/t19-,20+/m1/s1. The highest BCUT2D eigenvalue weighted by atomic mass is 32.2. The van der Waals surface area contributed by atoms with E-state index in [-0.39, 0.29) is 17.9 Å². The van der Waals surface area contributed by atoms with Crippen LogP contribution in [0.3, 0.4) is 0 Å². The lowest BCUT2D eigenvalue weighted by Gasteiger charge is -2.36. The quantitative estimate of drug-likeness (QED) is 0.735. The first kappa shape index (κ1) is 22.5. The Morgan fingerprint density at radius 2 is 1.57 bits per heavy atom. The summed E-state index contributed by atoms with van der Waals surface area (Å²) in [7, 11) is -3.49. The Bertz CT molecular complexity index is 937. The van der Waals surface area contributed by atoms with Gasteiger partial charge in [0.25, 0.3) is 0 Å². The molecule has 2 aromatic rings. The van der Waals surface area contributed by atoms with Crippen LogP contribution in [-0.4, -0.2) is 62.3 Å². The molecule has 0 spiro atoms. The number of rotatable bonds is 7. The zero-order chi connectivity index (χ0) is 21.7. The number of piperazine rings is 1. The first-order valence-corrected chi connectivity index (χ1v) is 11.9. The van der Waals surface area contributed by atoms with Crippen LogP contribution in [0.2, 0.25) is 0 Å². The molecule has 3 rings (SSSR count). The fraction of sp³-hybridized carbons (Fsp3) is 0.435. The predicted octanol–water partition coefficient (Wildman–Crippen LogP) is 2.61. The van der Waals surface area contributed by atoms with Gasteiger partial charge >= 0.3 is 0 Å². The Morgan fingerprint density at radius 3 is 2.17 bits per heavy atom. The lowest BCUT2D eigenvalue weighted by Crippen LogP contribution is -2.55. The van der Waals surface area contributed by atoms with Crippen molar-refractivity contribution in [3.8, 4) is 0 Å². The van der Waals surface area contributed by atoms with E-state index in [1.165, 1.54) is 9.87 Å². The average molecular weight is 430 g/mol. The van der Waals surface area contributed by atoms with E-state index < -0.39 is 10.0 Å². The predicted molar refractivity (Wildman–Crippen MR) is 119 cm³/mol. The summed E-state index contributed by atoms with van der Waals surface area (Å²) in [5.74, 6) is 0.214. The number of nitrogens with zero attached hydrogens (tertiary/aromatic N) is 2. The molecule has 2 atom stereocenters. The van der Waals surface area contributed by atoms with Crippen molar-refractivity contribution in [2.75, 3.05) is 32.7 Å². The largest absolute Gasteiger partial charge is 0.354 e. The van der Waals surface area contributed by atoms with Crippen molar-refractivity contribution in [3.05, 3.63) is 65.7 Å². The van der Waals surface area contributed by atoms with Gasteiger partial charge in [-0.25, -0.2) is 8.42 Å². The molecule has 0 aromatic heterocycles. The van der Waals surface area contributed by atoms with Gasteiger partial charge in [0.15, 0.2) is 0 Å². The molecule has 1 amide bonds. The molecule has 30 heavy (non-hydrogen) atoms. The average Bonchev–Trinajstić information content (AvgIpc) is 2.77. The number of hydrogen-bond donors (Lipinski definition) is 1. The summed E-state index contributed by atoms with van der Waals surface area (Å²) in [6.45, 7) is 8.32. The zero-order valence-electron chi connectivity index (χ0n) is 17.9. The van der Waals surface area contributed by atoms with Crippen molar-refractivity contribution in [2.45, 2.75) is 37.6 Å². The Balaban J connectivity index is 1.51. The second-order valence-corrected chi connectivity index (χ2v) is 9.92. The maximum atomic E-state index is 12.8. The topological polar surface area (TPSA) is 69.7 Å². The van der Waals surface area contributed by atoms with Crippen LogP contribution >= 0.6 is 0 Å². The molecule has 0 unspecified atom stereocenters. The van der Waals surface area contributed by atoms with E-state index >= 15 is 0 Å². The number of hydrogen-bond acceptors (Lipinski definition) is 4. The van der Waals surface area contributed by atoms with Crippen molar-refractivity contribution in [1.82, 2.24) is 14.5 Å². The van der Waals surface area contributed by atoms with Crippen LogP contribution in [-0.2, 0) is 14.8 Å². The lowest BCUT2D eigenvalue weighted by molar-refractivity contribution is -0.126. The summed E-state index contributed by atoms with van der Waals surface area (Å²) in [4.78, 5) is 15.0. The summed E-state index contributed by atoms with van der Waals surface area (Å²) in [5.41, 5.74) is 2.22. The maximum absolute atomic E-state index is 12.8. The SMILES string of the molecule is Cc1ccc(S(=O)(=O)N2CCN([C@@H](C)C(=O)NC[C@@H](C)c3ccccc3)CC2)cc1. The van der Waals surface area contributed by atoms with Crippen LogP contribution in [0.15, 0.2) is 59.5 Å². The number of amides is 1. The van der Waals surface area contributed by atoms with Crippen LogP contribution in [0, 0.1) is 6.92 Å². The van der Waals surface area contributed by atoms with Gasteiger partial charge in [-0.15, -0.1) is 0 Å². The molecule has 0 bridgehead atoms. The Labute approximate surface area is 179 Å². The zero-order valence-corrected chi connectivity index (χ0v) is 18.7. The molecule has 1 aliphatic heterocycles. The van der Waals surface area contributed by atoms with E-state index in [0.29, 0.717) is 37.6 Å². The molecule has 6 nitrogen and oxygen atoms in total. The second kappa shape index (κ2) is 9.73. The fourth-order valence-corrected chi connectivity index (χ4v) is 5.08. The molecule has 1 saturated heterocycles. The van der Waals surface area contributed by atoms with Crippen LogP contribution in [0.1, 0.15) is 30.9 Å². The van der Waals surface area contributed by atoms with Crippen LogP contribution < -0.4 is 5.32 Å². The molecule has 1 fully saturated rings.